The van der Waals surface area contributed by atoms with Gasteiger partial charge in [-0.25, -0.2) is 0 Å². The Morgan fingerprint density at radius 2 is 1.92 bits per heavy atom. The van der Waals surface area contributed by atoms with Gasteiger partial charge in [0.25, 0.3) is 0 Å². The number of ether oxygens (including phenoxy) is 1. The molecule has 1 N–H and O–H groups in total. The molecule has 4 aliphatic rings. The normalized spacial score (nSPS) is 33.9. The van der Waals surface area contributed by atoms with Crippen molar-refractivity contribution in [3.05, 3.63) is 25.3 Å². The molecular weight excluding hydrogens is 488 g/mol. The van der Waals surface area contributed by atoms with Crippen LogP contribution in [0, 0.1) is 17.8 Å². The third-order valence-corrected chi connectivity index (χ3v) is 11.2. The van der Waals surface area contributed by atoms with Gasteiger partial charge in [-0.2, -0.15) is 0 Å². The van der Waals surface area contributed by atoms with Gasteiger partial charge in [0, 0.05) is 17.3 Å². The first-order chi connectivity index (χ1) is 17.7. The molecule has 7 nitrogen and oxygen atoms in total. The summed E-state index contributed by atoms with van der Waals surface area (Å²) in [7, 11) is 0. The van der Waals surface area contributed by atoms with E-state index in [0.717, 1.165) is 32.1 Å². The molecule has 0 aromatic rings. The average molecular weight is 533 g/mol. The number of carbonyl (C=O) groups is 3. The Balaban J connectivity index is 1.77. The summed E-state index contributed by atoms with van der Waals surface area (Å²) in [4.78, 5) is 46.0. The molecule has 2 bridgehead atoms. The van der Waals surface area contributed by atoms with Crippen molar-refractivity contribution in [3.63, 3.8) is 0 Å². The van der Waals surface area contributed by atoms with Crippen LogP contribution in [0.25, 0.3) is 0 Å². The lowest BCUT2D eigenvalue weighted by Crippen LogP contribution is -2.60. The van der Waals surface area contributed by atoms with Crippen molar-refractivity contribution in [3.8, 4) is 0 Å². The van der Waals surface area contributed by atoms with E-state index < -0.39 is 33.4 Å². The summed E-state index contributed by atoms with van der Waals surface area (Å²) in [5.74, 6) is -1.89. The minimum absolute atomic E-state index is 0.0437. The van der Waals surface area contributed by atoms with Crippen molar-refractivity contribution < 1.29 is 24.2 Å². The summed E-state index contributed by atoms with van der Waals surface area (Å²) >= 11 is 1.65. The Hall–Kier alpha value is -1.80. The first kappa shape index (κ1) is 28.2. The van der Waals surface area contributed by atoms with Gasteiger partial charge >= 0.3 is 5.97 Å². The Labute approximate surface area is 226 Å². The summed E-state index contributed by atoms with van der Waals surface area (Å²) in [6, 6.07) is -1.09. The van der Waals surface area contributed by atoms with Crippen LogP contribution in [-0.4, -0.2) is 80.1 Å². The standard InChI is InChI=1S/C29H44N2O5S/c1-6-8-17-36-27(35)23-22-25(33)31(21(18-32)19(3)4)24(29(22)15-14-28(23,5)37-29)26(34)30(16-7-2)20-12-10-9-11-13-20/h6-7,19-24,32H,1-2,8-18H2,3-5H3/t21-,22-,23+,24?,28-,29?/m0/s1. The van der Waals surface area contributed by atoms with E-state index in [9.17, 15) is 19.5 Å². The predicted octanol–water partition coefficient (Wildman–Crippen LogP) is 3.95. The lowest BCUT2D eigenvalue weighted by molar-refractivity contribution is -0.156. The summed E-state index contributed by atoms with van der Waals surface area (Å²) < 4.78 is 4.46. The van der Waals surface area contributed by atoms with E-state index in [1.807, 2.05) is 18.7 Å². The zero-order valence-corrected chi connectivity index (χ0v) is 23.5. The number of hydrogen-bond acceptors (Lipinski definition) is 6. The number of hydrogen-bond donors (Lipinski definition) is 1. The maximum absolute atomic E-state index is 14.6. The maximum atomic E-state index is 14.6. The smallest absolute Gasteiger partial charge is 0.311 e. The van der Waals surface area contributed by atoms with E-state index in [1.54, 1.807) is 28.8 Å². The molecule has 6 atom stereocenters. The molecule has 3 aliphatic heterocycles. The molecule has 206 valence electrons. The molecule has 1 aliphatic carbocycles. The second-order valence-corrected chi connectivity index (χ2v) is 13.7. The number of fused-ring (bicyclic) bond motifs is 1. The zero-order chi connectivity index (χ0) is 27.0. The molecule has 3 saturated heterocycles. The van der Waals surface area contributed by atoms with Gasteiger partial charge in [-0.05, 0) is 44.9 Å². The molecule has 3 heterocycles. The fourth-order valence-electron chi connectivity index (χ4n) is 7.42. The van der Waals surface area contributed by atoms with Gasteiger partial charge < -0.3 is 19.6 Å². The molecule has 0 radical (unpaired) electrons. The van der Waals surface area contributed by atoms with E-state index in [1.165, 1.54) is 6.42 Å². The molecule has 4 rings (SSSR count). The largest absolute Gasteiger partial charge is 0.465 e. The Bertz CT molecular complexity index is 918. The first-order valence-electron chi connectivity index (χ1n) is 14.0. The van der Waals surface area contributed by atoms with Crippen molar-refractivity contribution >= 4 is 29.5 Å². The number of thioether (sulfide) groups is 1. The Kier molecular flexibility index (Phi) is 8.49. The Morgan fingerprint density at radius 1 is 1.22 bits per heavy atom. The summed E-state index contributed by atoms with van der Waals surface area (Å²) in [6.45, 7) is 14.1. The number of aliphatic hydroxyl groups is 1. The van der Waals surface area contributed by atoms with Gasteiger partial charge in [-0.15, -0.1) is 24.9 Å². The van der Waals surface area contributed by atoms with Crippen LogP contribution >= 0.6 is 11.8 Å². The zero-order valence-electron chi connectivity index (χ0n) is 22.7. The van der Waals surface area contributed by atoms with Crippen molar-refractivity contribution in [2.45, 2.75) is 99.8 Å². The van der Waals surface area contributed by atoms with Crippen LogP contribution in [0.2, 0.25) is 0 Å². The molecule has 4 fully saturated rings. The van der Waals surface area contributed by atoms with Crippen molar-refractivity contribution in [1.29, 1.82) is 0 Å². The third-order valence-electron chi connectivity index (χ3n) is 9.21. The molecular formula is C29H44N2O5S. The second kappa shape index (κ2) is 11.1. The SMILES string of the molecule is C=CCCOC(=O)[C@H]1[C@H]2C(=O)N([C@@H](CO)C(C)C)C(C(=O)N(CC=C)C3CCCCC3)C23CC[C@]1(C)S3. The minimum Gasteiger partial charge on any atom is -0.465 e. The monoisotopic (exact) mass is 532 g/mol. The fourth-order valence-corrected chi connectivity index (χ4v) is 9.74. The topological polar surface area (TPSA) is 87.1 Å². The quantitative estimate of drug-likeness (QED) is 0.246. The average Bonchev–Trinajstić information content (AvgIpc) is 3.44. The van der Waals surface area contributed by atoms with Gasteiger partial charge in [0.2, 0.25) is 11.8 Å². The highest BCUT2D eigenvalue weighted by Gasteiger charge is 2.78. The van der Waals surface area contributed by atoms with Crippen LogP contribution < -0.4 is 0 Å². The molecule has 1 saturated carbocycles. The van der Waals surface area contributed by atoms with E-state index in [0.29, 0.717) is 19.4 Å². The molecule has 37 heavy (non-hydrogen) atoms. The van der Waals surface area contributed by atoms with E-state index in [4.69, 9.17) is 4.74 Å². The summed E-state index contributed by atoms with van der Waals surface area (Å²) in [5, 5.41) is 10.4. The molecule has 0 aromatic carbocycles. The van der Waals surface area contributed by atoms with Gasteiger partial charge in [-0.1, -0.05) is 45.3 Å². The van der Waals surface area contributed by atoms with E-state index in [2.05, 4.69) is 20.1 Å². The van der Waals surface area contributed by atoms with E-state index in [-0.39, 0.29) is 43.0 Å². The van der Waals surface area contributed by atoms with Crippen molar-refractivity contribution in [2.75, 3.05) is 19.8 Å². The molecule has 2 amide bonds. The van der Waals surface area contributed by atoms with Crippen LogP contribution in [0.5, 0.6) is 0 Å². The highest BCUT2D eigenvalue weighted by atomic mass is 32.2. The van der Waals surface area contributed by atoms with Crippen LogP contribution in [0.1, 0.15) is 72.1 Å². The van der Waals surface area contributed by atoms with Gasteiger partial charge in [-0.3, -0.25) is 14.4 Å². The number of amides is 2. The van der Waals surface area contributed by atoms with Gasteiger partial charge in [0.15, 0.2) is 0 Å². The minimum atomic E-state index is -0.718. The number of nitrogens with zero attached hydrogens (tertiary/aromatic N) is 2. The number of aliphatic hydroxyl groups excluding tert-OH is 1. The highest BCUT2D eigenvalue weighted by Crippen LogP contribution is 2.72. The predicted molar refractivity (Wildman–Crippen MR) is 146 cm³/mol. The van der Waals surface area contributed by atoms with Gasteiger partial charge in [0.05, 0.1) is 35.8 Å². The van der Waals surface area contributed by atoms with Crippen LogP contribution in [-0.2, 0) is 19.1 Å². The number of likely N-dealkylation sites (tertiary alicyclic amines) is 1. The number of rotatable bonds is 11. The van der Waals surface area contributed by atoms with Crippen molar-refractivity contribution in [1.82, 2.24) is 9.80 Å². The highest BCUT2D eigenvalue weighted by molar-refractivity contribution is 8.02. The fraction of sp³-hybridized carbons (Fsp3) is 0.759. The molecule has 0 aromatic heterocycles. The summed E-state index contributed by atoms with van der Waals surface area (Å²) in [5.41, 5.74) is 0. The molecule has 2 unspecified atom stereocenters. The third kappa shape index (κ3) is 4.66. The second-order valence-electron chi connectivity index (χ2n) is 11.8. The first-order valence-corrected chi connectivity index (χ1v) is 14.8. The van der Waals surface area contributed by atoms with Crippen LogP contribution in [0.4, 0.5) is 0 Å². The Morgan fingerprint density at radius 3 is 2.51 bits per heavy atom. The molecule has 1 spiro atoms. The number of esters is 1. The van der Waals surface area contributed by atoms with Crippen LogP contribution in [0.3, 0.4) is 0 Å². The molecule has 8 heteroatoms. The summed E-state index contributed by atoms with van der Waals surface area (Å²) in [6.07, 6.45) is 10.7. The maximum Gasteiger partial charge on any atom is 0.311 e. The van der Waals surface area contributed by atoms with Gasteiger partial charge in [0.1, 0.15) is 6.04 Å². The van der Waals surface area contributed by atoms with E-state index >= 15 is 0 Å². The van der Waals surface area contributed by atoms with Crippen molar-refractivity contribution in [2.24, 2.45) is 17.8 Å². The van der Waals surface area contributed by atoms with Crippen LogP contribution in [0.15, 0.2) is 25.3 Å². The number of carbonyl (C=O) groups excluding carboxylic acids is 3. The lowest BCUT2D eigenvalue weighted by Gasteiger charge is -2.43. The lowest BCUT2D eigenvalue weighted by atomic mass is 9.66.